The number of nitrogens with one attached hydrogen (secondary N) is 1. The quantitative estimate of drug-likeness (QED) is 0.803. The summed E-state index contributed by atoms with van der Waals surface area (Å²) in [6, 6.07) is 6.45. The van der Waals surface area contributed by atoms with Gasteiger partial charge in [0.15, 0.2) is 17.5 Å². The molecule has 6 heteroatoms. The van der Waals surface area contributed by atoms with E-state index in [1.807, 2.05) is 6.07 Å². The van der Waals surface area contributed by atoms with Gasteiger partial charge in [0.25, 0.3) is 5.91 Å². The van der Waals surface area contributed by atoms with Crippen molar-refractivity contribution >= 4 is 27.5 Å². The lowest BCUT2D eigenvalue weighted by atomic mass is 10.1. The van der Waals surface area contributed by atoms with E-state index in [0.717, 1.165) is 17.7 Å². The van der Waals surface area contributed by atoms with Gasteiger partial charge in [-0.2, -0.15) is 0 Å². The van der Waals surface area contributed by atoms with Crippen LogP contribution in [0.15, 0.2) is 34.8 Å². The molecule has 0 aliphatic heterocycles. The number of carbonyl (C=O) groups is 1. The van der Waals surface area contributed by atoms with Crippen LogP contribution in [0.3, 0.4) is 0 Å². The van der Waals surface area contributed by atoms with E-state index in [-0.39, 0.29) is 5.69 Å². The number of aryl methyl sites for hydroxylation is 1. The van der Waals surface area contributed by atoms with Gasteiger partial charge in [0.05, 0.1) is 0 Å². The van der Waals surface area contributed by atoms with Crippen molar-refractivity contribution in [3.05, 3.63) is 63.4 Å². The van der Waals surface area contributed by atoms with Gasteiger partial charge in [0.2, 0.25) is 0 Å². The number of anilines is 1. The van der Waals surface area contributed by atoms with Crippen LogP contribution in [0.5, 0.6) is 0 Å². The fourth-order valence-electron chi connectivity index (χ4n) is 1.70. The van der Waals surface area contributed by atoms with Crippen molar-refractivity contribution in [2.75, 3.05) is 5.32 Å². The highest BCUT2D eigenvalue weighted by atomic mass is 79.9. The van der Waals surface area contributed by atoms with Gasteiger partial charge >= 0.3 is 0 Å². The molecule has 0 unspecified atom stereocenters. The first kappa shape index (κ1) is 14.6. The third-order valence-electron chi connectivity index (χ3n) is 2.55. The highest BCUT2D eigenvalue weighted by molar-refractivity contribution is 9.10. The third kappa shape index (κ3) is 3.19. The summed E-state index contributed by atoms with van der Waals surface area (Å²) in [5, 5.41) is 2.32. The maximum absolute atomic E-state index is 13.0. The Morgan fingerprint density at radius 2 is 1.65 bits per heavy atom. The summed E-state index contributed by atoms with van der Waals surface area (Å²) in [6.07, 6.45) is 0. The van der Waals surface area contributed by atoms with Gasteiger partial charge in [-0.05, 0) is 30.7 Å². The smallest absolute Gasteiger partial charge is 0.255 e. The van der Waals surface area contributed by atoms with Gasteiger partial charge in [0.1, 0.15) is 0 Å². The fraction of sp³-hybridized carbons (Fsp3) is 0.0714. The van der Waals surface area contributed by atoms with Gasteiger partial charge < -0.3 is 5.32 Å². The van der Waals surface area contributed by atoms with Crippen LogP contribution in [0.25, 0.3) is 0 Å². The molecular weight excluding hydrogens is 335 g/mol. The highest BCUT2D eigenvalue weighted by Gasteiger charge is 2.13. The molecule has 0 radical (unpaired) electrons. The second kappa shape index (κ2) is 5.66. The summed E-state index contributed by atoms with van der Waals surface area (Å²) in [4.78, 5) is 12.0. The molecule has 0 heterocycles. The van der Waals surface area contributed by atoms with E-state index in [2.05, 4.69) is 21.2 Å². The standard InChI is InChI=1S/C14H9BrF3NO/c1-7-2-8(4-9(15)3-7)14(20)19-10-5-11(16)13(18)12(17)6-10/h2-6H,1H3,(H,19,20). The van der Waals surface area contributed by atoms with E-state index >= 15 is 0 Å². The van der Waals surface area contributed by atoms with Crippen LogP contribution in [0.2, 0.25) is 0 Å². The topological polar surface area (TPSA) is 29.1 Å². The van der Waals surface area contributed by atoms with Gasteiger partial charge in [-0.25, -0.2) is 13.2 Å². The minimum atomic E-state index is -1.57. The predicted octanol–water partition coefficient (Wildman–Crippen LogP) is 4.43. The van der Waals surface area contributed by atoms with Crippen molar-refractivity contribution < 1.29 is 18.0 Å². The molecule has 2 aromatic rings. The Balaban J connectivity index is 2.28. The molecule has 0 fully saturated rings. The molecule has 0 saturated carbocycles. The predicted molar refractivity (Wildman–Crippen MR) is 73.1 cm³/mol. The van der Waals surface area contributed by atoms with Crippen molar-refractivity contribution in [1.82, 2.24) is 0 Å². The first-order valence-electron chi connectivity index (χ1n) is 5.60. The van der Waals surface area contributed by atoms with Gasteiger partial charge in [-0.1, -0.05) is 15.9 Å². The summed E-state index contributed by atoms with van der Waals surface area (Å²) in [6.45, 7) is 1.80. The van der Waals surface area contributed by atoms with Crippen LogP contribution in [0.4, 0.5) is 18.9 Å². The Morgan fingerprint density at radius 1 is 1.05 bits per heavy atom. The van der Waals surface area contributed by atoms with Gasteiger partial charge in [-0.3, -0.25) is 4.79 Å². The molecule has 0 aromatic heterocycles. The number of hydrogen-bond acceptors (Lipinski definition) is 1. The van der Waals surface area contributed by atoms with E-state index in [1.54, 1.807) is 19.1 Å². The zero-order valence-electron chi connectivity index (χ0n) is 10.3. The minimum Gasteiger partial charge on any atom is -0.322 e. The first-order valence-corrected chi connectivity index (χ1v) is 6.39. The molecule has 0 spiro atoms. The normalized spacial score (nSPS) is 10.4. The molecule has 0 bridgehead atoms. The molecule has 0 atom stereocenters. The van der Waals surface area contributed by atoms with Crippen LogP contribution in [0, 0.1) is 24.4 Å². The summed E-state index contributed by atoms with van der Waals surface area (Å²) in [7, 11) is 0. The molecule has 2 nitrogen and oxygen atoms in total. The molecule has 1 amide bonds. The highest BCUT2D eigenvalue weighted by Crippen LogP contribution is 2.20. The van der Waals surface area contributed by atoms with E-state index in [0.29, 0.717) is 10.0 Å². The van der Waals surface area contributed by atoms with E-state index in [1.165, 1.54) is 0 Å². The molecule has 1 N–H and O–H groups in total. The van der Waals surface area contributed by atoms with Crippen molar-refractivity contribution in [2.24, 2.45) is 0 Å². The first-order chi connectivity index (χ1) is 9.36. The molecular formula is C14H9BrF3NO. The number of rotatable bonds is 2. The molecule has 20 heavy (non-hydrogen) atoms. The average molecular weight is 344 g/mol. The molecule has 2 aromatic carbocycles. The van der Waals surface area contributed by atoms with Crippen LogP contribution in [0.1, 0.15) is 15.9 Å². The fourth-order valence-corrected chi connectivity index (χ4v) is 2.31. The number of halogens is 4. The van der Waals surface area contributed by atoms with Gasteiger partial charge in [0, 0.05) is 27.9 Å². The Labute approximate surface area is 121 Å². The number of hydrogen-bond donors (Lipinski definition) is 1. The second-order valence-electron chi connectivity index (χ2n) is 4.23. The number of amides is 1. The van der Waals surface area contributed by atoms with E-state index < -0.39 is 23.4 Å². The third-order valence-corrected chi connectivity index (χ3v) is 3.00. The summed E-state index contributed by atoms with van der Waals surface area (Å²) in [5.41, 5.74) is 1.02. The maximum Gasteiger partial charge on any atom is 0.255 e. The Bertz CT molecular complexity index is 645. The lowest BCUT2D eigenvalue weighted by molar-refractivity contribution is 0.102. The average Bonchev–Trinajstić information content (AvgIpc) is 2.34. The Kier molecular flexibility index (Phi) is 4.13. The zero-order valence-corrected chi connectivity index (χ0v) is 11.9. The lowest BCUT2D eigenvalue weighted by Gasteiger charge is -2.07. The summed E-state index contributed by atoms with van der Waals surface area (Å²) < 4.78 is 39.6. The Hall–Kier alpha value is -1.82. The maximum atomic E-state index is 13.0. The summed E-state index contributed by atoms with van der Waals surface area (Å²) >= 11 is 3.25. The Morgan fingerprint density at radius 3 is 2.20 bits per heavy atom. The number of benzene rings is 2. The molecule has 0 aliphatic rings. The second-order valence-corrected chi connectivity index (χ2v) is 5.14. The molecule has 2 rings (SSSR count). The number of carbonyl (C=O) groups excluding carboxylic acids is 1. The van der Waals surface area contributed by atoms with Gasteiger partial charge in [-0.15, -0.1) is 0 Å². The largest absolute Gasteiger partial charge is 0.322 e. The van der Waals surface area contributed by atoms with Crippen LogP contribution < -0.4 is 5.32 Å². The monoisotopic (exact) mass is 343 g/mol. The SMILES string of the molecule is Cc1cc(Br)cc(C(=O)Nc2cc(F)c(F)c(F)c2)c1. The molecule has 104 valence electrons. The minimum absolute atomic E-state index is 0.149. The van der Waals surface area contributed by atoms with Crippen LogP contribution in [-0.4, -0.2) is 5.91 Å². The van der Waals surface area contributed by atoms with Crippen molar-refractivity contribution in [1.29, 1.82) is 0 Å². The zero-order chi connectivity index (χ0) is 14.9. The van der Waals surface area contributed by atoms with Crippen molar-refractivity contribution in [2.45, 2.75) is 6.92 Å². The molecule has 0 saturated heterocycles. The molecule has 0 aliphatic carbocycles. The van der Waals surface area contributed by atoms with E-state index in [4.69, 9.17) is 0 Å². The lowest BCUT2D eigenvalue weighted by Crippen LogP contribution is -2.13. The summed E-state index contributed by atoms with van der Waals surface area (Å²) in [5.74, 6) is -4.82. The van der Waals surface area contributed by atoms with Crippen LogP contribution >= 0.6 is 15.9 Å². The van der Waals surface area contributed by atoms with Crippen molar-refractivity contribution in [3.8, 4) is 0 Å². The van der Waals surface area contributed by atoms with Crippen LogP contribution in [-0.2, 0) is 0 Å². The van der Waals surface area contributed by atoms with Crippen molar-refractivity contribution in [3.63, 3.8) is 0 Å². The van der Waals surface area contributed by atoms with E-state index in [9.17, 15) is 18.0 Å².